The Labute approximate surface area is 101 Å². The summed E-state index contributed by atoms with van der Waals surface area (Å²) in [5.41, 5.74) is -0.159. The van der Waals surface area contributed by atoms with E-state index >= 15 is 0 Å². The summed E-state index contributed by atoms with van der Waals surface area (Å²) in [7, 11) is 0. The van der Waals surface area contributed by atoms with Crippen LogP contribution in [0.5, 0.6) is 0 Å². The van der Waals surface area contributed by atoms with Crippen molar-refractivity contribution in [2.45, 2.75) is 13.2 Å². The lowest BCUT2D eigenvalue weighted by atomic mass is 10.4. The molecule has 84 valence electrons. The van der Waals surface area contributed by atoms with Gasteiger partial charge in [0.05, 0.1) is 18.0 Å². The molecule has 0 bridgehead atoms. The van der Waals surface area contributed by atoms with E-state index in [4.69, 9.17) is 16.7 Å². The first kappa shape index (κ1) is 11.3. The summed E-state index contributed by atoms with van der Waals surface area (Å²) >= 11 is 7.07. The molecule has 16 heavy (non-hydrogen) atoms. The van der Waals surface area contributed by atoms with Crippen LogP contribution in [0.15, 0.2) is 29.3 Å². The number of pyridine rings is 1. The Kier molecular flexibility index (Phi) is 3.38. The summed E-state index contributed by atoms with van der Waals surface area (Å²) in [6, 6.07) is 3.02. The largest absolute Gasteiger partial charge is 0.391 e. The first-order chi connectivity index (χ1) is 7.69. The van der Waals surface area contributed by atoms with Crippen LogP contribution in [0.25, 0.3) is 0 Å². The van der Waals surface area contributed by atoms with E-state index in [0.29, 0.717) is 11.6 Å². The zero-order chi connectivity index (χ0) is 11.5. The molecule has 0 aliphatic rings. The fraction of sp³-hybridized carbons (Fsp3) is 0.200. The van der Waals surface area contributed by atoms with Gasteiger partial charge in [-0.1, -0.05) is 11.6 Å². The maximum Gasteiger partial charge on any atom is 0.252 e. The number of nitrogens with zero attached hydrogens (tertiary/aromatic N) is 2. The van der Waals surface area contributed by atoms with Gasteiger partial charge in [-0.2, -0.15) is 0 Å². The Hall–Kier alpha value is -1.17. The topological polar surface area (TPSA) is 55.1 Å². The van der Waals surface area contributed by atoms with Gasteiger partial charge in [-0.15, -0.1) is 11.3 Å². The average molecular weight is 257 g/mol. The Morgan fingerprint density at radius 3 is 3.00 bits per heavy atom. The van der Waals surface area contributed by atoms with Crippen LogP contribution in [0, 0.1) is 0 Å². The minimum atomic E-state index is -0.159. The lowest BCUT2D eigenvalue weighted by Gasteiger charge is -2.01. The molecule has 0 unspecified atom stereocenters. The number of aliphatic hydroxyl groups excluding tert-OH is 1. The third-order valence-electron chi connectivity index (χ3n) is 2.02. The number of aromatic nitrogens is 2. The molecule has 0 spiro atoms. The minimum Gasteiger partial charge on any atom is -0.391 e. The van der Waals surface area contributed by atoms with Crippen LogP contribution in [0.2, 0.25) is 5.02 Å². The molecule has 0 atom stereocenters. The molecule has 0 aliphatic carbocycles. The van der Waals surface area contributed by atoms with Crippen LogP contribution < -0.4 is 5.56 Å². The van der Waals surface area contributed by atoms with Gasteiger partial charge in [0.25, 0.3) is 5.56 Å². The van der Waals surface area contributed by atoms with Gasteiger partial charge in [-0.05, 0) is 6.07 Å². The molecule has 1 N–H and O–H groups in total. The molecule has 0 radical (unpaired) electrons. The second-order valence-corrected chi connectivity index (χ2v) is 4.83. The van der Waals surface area contributed by atoms with E-state index in [1.54, 1.807) is 18.5 Å². The molecule has 0 aromatic carbocycles. The summed E-state index contributed by atoms with van der Waals surface area (Å²) in [6.07, 6.45) is 3.24. The molecule has 0 aliphatic heterocycles. The van der Waals surface area contributed by atoms with Gasteiger partial charge in [0, 0.05) is 23.5 Å². The van der Waals surface area contributed by atoms with E-state index in [1.165, 1.54) is 22.0 Å². The van der Waals surface area contributed by atoms with Crippen molar-refractivity contribution in [1.29, 1.82) is 0 Å². The summed E-state index contributed by atoms with van der Waals surface area (Å²) in [5, 5.41) is 10.1. The molecule has 2 aromatic rings. The average Bonchev–Trinajstić information content (AvgIpc) is 2.70. The number of hydrogen-bond acceptors (Lipinski definition) is 4. The molecule has 0 amide bonds. The van der Waals surface area contributed by atoms with E-state index in [2.05, 4.69) is 4.98 Å². The molecule has 0 saturated carbocycles. The minimum absolute atomic E-state index is 0.0207. The van der Waals surface area contributed by atoms with Crippen LogP contribution in [-0.2, 0) is 13.2 Å². The van der Waals surface area contributed by atoms with Crippen molar-refractivity contribution in [2.24, 2.45) is 0 Å². The Morgan fingerprint density at radius 2 is 2.38 bits per heavy atom. The monoisotopic (exact) mass is 256 g/mol. The predicted octanol–water partition coefficient (Wildman–Crippen LogP) is 1.50. The molecule has 0 fully saturated rings. The van der Waals surface area contributed by atoms with Crippen molar-refractivity contribution in [3.63, 3.8) is 0 Å². The van der Waals surface area contributed by atoms with E-state index < -0.39 is 0 Å². The Balaban J connectivity index is 2.23. The third kappa shape index (κ3) is 2.49. The maximum absolute atomic E-state index is 11.5. The van der Waals surface area contributed by atoms with Gasteiger partial charge in [-0.3, -0.25) is 4.79 Å². The number of thiazole rings is 1. The van der Waals surface area contributed by atoms with Crippen molar-refractivity contribution in [1.82, 2.24) is 9.55 Å². The van der Waals surface area contributed by atoms with Crippen LogP contribution in [0.1, 0.15) is 9.88 Å². The number of aliphatic hydroxyl groups is 1. The number of halogens is 1. The summed E-state index contributed by atoms with van der Waals surface area (Å²) in [5.74, 6) is 0. The van der Waals surface area contributed by atoms with Gasteiger partial charge in [-0.25, -0.2) is 4.98 Å². The van der Waals surface area contributed by atoms with Gasteiger partial charge in [0.1, 0.15) is 5.01 Å². The van der Waals surface area contributed by atoms with Crippen molar-refractivity contribution in [3.8, 4) is 0 Å². The molecular formula is C10H9ClN2O2S. The van der Waals surface area contributed by atoms with Crippen molar-refractivity contribution in [2.75, 3.05) is 0 Å². The van der Waals surface area contributed by atoms with Crippen LogP contribution in [0.3, 0.4) is 0 Å². The van der Waals surface area contributed by atoms with Crippen LogP contribution >= 0.6 is 22.9 Å². The predicted molar refractivity (Wildman–Crippen MR) is 62.9 cm³/mol. The van der Waals surface area contributed by atoms with Crippen molar-refractivity contribution >= 4 is 22.9 Å². The second-order valence-electron chi connectivity index (χ2n) is 3.19. The molecule has 2 rings (SSSR count). The SMILES string of the molecule is O=c1cc(Cl)ccn1Cc1ncc(CO)s1. The highest BCUT2D eigenvalue weighted by Gasteiger charge is 2.03. The third-order valence-corrected chi connectivity index (χ3v) is 3.22. The Bertz CT molecular complexity index is 550. The summed E-state index contributed by atoms with van der Waals surface area (Å²) in [4.78, 5) is 16.4. The quantitative estimate of drug-likeness (QED) is 0.906. The molecule has 4 nitrogen and oxygen atoms in total. The smallest absolute Gasteiger partial charge is 0.252 e. The lowest BCUT2D eigenvalue weighted by Crippen LogP contribution is -2.18. The van der Waals surface area contributed by atoms with E-state index in [0.717, 1.165) is 9.88 Å². The first-order valence-electron chi connectivity index (χ1n) is 4.59. The number of rotatable bonds is 3. The number of hydrogen-bond donors (Lipinski definition) is 1. The van der Waals surface area contributed by atoms with Gasteiger partial charge >= 0.3 is 0 Å². The zero-order valence-corrected chi connectivity index (χ0v) is 9.83. The fourth-order valence-electron chi connectivity index (χ4n) is 1.25. The van der Waals surface area contributed by atoms with E-state index in [9.17, 15) is 4.79 Å². The highest BCUT2D eigenvalue weighted by atomic mass is 35.5. The molecule has 6 heteroatoms. The van der Waals surface area contributed by atoms with Crippen LogP contribution in [0.4, 0.5) is 0 Å². The van der Waals surface area contributed by atoms with Gasteiger partial charge in [0.15, 0.2) is 0 Å². The summed E-state index contributed by atoms with van der Waals surface area (Å²) < 4.78 is 1.52. The van der Waals surface area contributed by atoms with Gasteiger partial charge in [0.2, 0.25) is 0 Å². The standard InChI is InChI=1S/C10H9ClN2O2S/c11-7-1-2-13(10(15)3-7)5-9-12-4-8(6-14)16-9/h1-4,14H,5-6H2. The molecule has 2 heterocycles. The summed E-state index contributed by atoms with van der Waals surface area (Å²) in [6.45, 7) is 0.383. The van der Waals surface area contributed by atoms with Crippen molar-refractivity contribution in [3.05, 3.63) is 49.8 Å². The molecular weight excluding hydrogens is 248 g/mol. The Morgan fingerprint density at radius 1 is 1.56 bits per heavy atom. The zero-order valence-electron chi connectivity index (χ0n) is 8.26. The van der Waals surface area contributed by atoms with Crippen LogP contribution in [-0.4, -0.2) is 14.7 Å². The fourth-order valence-corrected chi connectivity index (χ4v) is 2.19. The molecule has 2 aromatic heterocycles. The van der Waals surface area contributed by atoms with Gasteiger partial charge < -0.3 is 9.67 Å². The normalized spacial score (nSPS) is 10.6. The maximum atomic E-state index is 11.5. The van der Waals surface area contributed by atoms with E-state index in [-0.39, 0.29) is 12.2 Å². The second kappa shape index (κ2) is 4.78. The highest BCUT2D eigenvalue weighted by molar-refractivity contribution is 7.11. The molecule has 0 saturated heterocycles. The lowest BCUT2D eigenvalue weighted by molar-refractivity contribution is 0.285. The van der Waals surface area contributed by atoms with E-state index in [1.807, 2.05) is 0 Å². The van der Waals surface area contributed by atoms with Crippen molar-refractivity contribution < 1.29 is 5.11 Å². The first-order valence-corrected chi connectivity index (χ1v) is 5.79. The highest BCUT2D eigenvalue weighted by Crippen LogP contribution is 2.13.